The molecule has 0 saturated heterocycles. The van der Waals surface area contributed by atoms with Crippen LogP contribution in [0.3, 0.4) is 0 Å². The van der Waals surface area contributed by atoms with Gasteiger partial charge in [-0.25, -0.2) is 4.79 Å². The maximum atomic E-state index is 11.1. The first-order valence-corrected chi connectivity index (χ1v) is 4.02. The lowest BCUT2D eigenvalue weighted by molar-refractivity contribution is -0.136. The highest BCUT2D eigenvalue weighted by molar-refractivity contribution is 5.89. The lowest BCUT2D eigenvalue weighted by atomic mass is 9.93. The van der Waals surface area contributed by atoms with Crippen molar-refractivity contribution < 1.29 is 9.53 Å². The Labute approximate surface area is 67.2 Å². The number of methoxy groups -OCH3 is 1. The zero-order valence-corrected chi connectivity index (χ0v) is 7.14. The van der Waals surface area contributed by atoms with Gasteiger partial charge in [-0.05, 0) is 32.6 Å². The number of ether oxygens (including phenoxy) is 1. The Kier molecular flexibility index (Phi) is 2.69. The summed E-state index contributed by atoms with van der Waals surface area (Å²) in [5.74, 6) is -0.137. The van der Waals surface area contributed by atoms with Crippen molar-refractivity contribution in [1.82, 2.24) is 0 Å². The SMILES string of the molecule is COC(=O)C1=C(C)CCCC1. The van der Waals surface area contributed by atoms with Crippen molar-refractivity contribution in [2.75, 3.05) is 7.11 Å². The van der Waals surface area contributed by atoms with Crippen molar-refractivity contribution in [2.24, 2.45) is 0 Å². The van der Waals surface area contributed by atoms with Crippen LogP contribution in [0.5, 0.6) is 0 Å². The molecular formula is C9H14O2. The summed E-state index contributed by atoms with van der Waals surface area (Å²) in [4.78, 5) is 11.1. The predicted molar refractivity (Wildman–Crippen MR) is 43.2 cm³/mol. The molecule has 1 rings (SSSR count). The van der Waals surface area contributed by atoms with E-state index < -0.39 is 0 Å². The maximum Gasteiger partial charge on any atom is 0.333 e. The minimum atomic E-state index is -0.137. The molecule has 0 atom stereocenters. The first-order chi connectivity index (χ1) is 5.25. The Balaban J connectivity index is 2.74. The lowest BCUT2D eigenvalue weighted by Gasteiger charge is -2.14. The second-order valence-electron chi connectivity index (χ2n) is 2.96. The largest absolute Gasteiger partial charge is 0.466 e. The van der Waals surface area contributed by atoms with E-state index in [2.05, 4.69) is 4.74 Å². The average Bonchev–Trinajstić information content (AvgIpc) is 2.04. The summed E-state index contributed by atoms with van der Waals surface area (Å²) >= 11 is 0. The molecule has 0 unspecified atom stereocenters. The van der Waals surface area contributed by atoms with Gasteiger partial charge in [-0.15, -0.1) is 0 Å². The number of carbonyl (C=O) groups is 1. The fraction of sp³-hybridized carbons (Fsp3) is 0.667. The van der Waals surface area contributed by atoms with Crippen molar-refractivity contribution in [1.29, 1.82) is 0 Å². The summed E-state index contributed by atoms with van der Waals surface area (Å²) in [5, 5.41) is 0. The third-order valence-corrected chi connectivity index (χ3v) is 2.18. The quantitative estimate of drug-likeness (QED) is 0.540. The van der Waals surface area contributed by atoms with Crippen molar-refractivity contribution in [3.05, 3.63) is 11.1 Å². The topological polar surface area (TPSA) is 26.3 Å². The van der Waals surface area contributed by atoms with Gasteiger partial charge in [0.15, 0.2) is 0 Å². The van der Waals surface area contributed by atoms with Crippen LogP contribution in [0.25, 0.3) is 0 Å². The van der Waals surface area contributed by atoms with Gasteiger partial charge < -0.3 is 4.74 Å². The fourth-order valence-electron chi connectivity index (χ4n) is 1.46. The molecule has 62 valence electrons. The summed E-state index contributed by atoms with van der Waals surface area (Å²) in [5.41, 5.74) is 2.11. The van der Waals surface area contributed by atoms with Crippen LogP contribution >= 0.6 is 0 Å². The highest BCUT2D eigenvalue weighted by Gasteiger charge is 2.15. The summed E-state index contributed by atoms with van der Waals surface area (Å²) in [6, 6.07) is 0. The van der Waals surface area contributed by atoms with E-state index in [1.54, 1.807) is 0 Å². The van der Waals surface area contributed by atoms with Crippen LogP contribution in [0.4, 0.5) is 0 Å². The zero-order valence-electron chi connectivity index (χ0n) is 7.14. The number of rotatable bonds is 1. The summed E-state index contributed by atoms with van der Waals surface area (Å²) in [6.07, 6.45) is 4.30. The average molecular weight is 154 g/mol. The van der Waals surface area contributed by atoms with Gasteiger partial charge in [0, 0.05) is 5.57 Å². The molecule has 0 fully saturated rings. The minimum absolute atomic E-state index is 0.137. The van der Waals surface area contributed by atoms with Crippen LogP contribution in [-0.4, -0.2) is 13.1 Å². The van der Waals surface area contributed by atoms with Crippen molar-refractivity contribution in [3.63, 3.8) is 0 Å². The highest BCUT2D eigenvalue weighted by atomic mass is 16.5. The number of allylic oxidation sites excluding steroid dienone is 1. The van der Waals surface area contributed by atoms with Crippen LogP contribution in [0, 0.1) is 0 Å². The second-order valence-corrected chi connectivity index (χ2v) is 2.96. The van der Waals surface area contributed by atoms with E-state index in [0.29, 0.717) is 0 Å². The molecule has 2 heteroatoms. The van der Waals surface area contributed by atoms with E-state index in [0.717, 1.165) is 24.8 Å². The molecule has 0 aliphatic heterocycles. The smallest absolute Gasteiger partial charge is 0.333 e. The van der Waals surface area contributed by atoms with E-state index in [4.69, 9.17) is 0 Å². The Bertz CT molecular complexity index is 192. The maximum absolute atomic E-state index is 11.1. The molecule has 0 amide bonds. The Hall–Kier alpha value is -0.790. The normalized spacial score (nSPS) is 18.4. The molecule has 0 aromatic carbocycles. The van der Waals surface area contributed by atoms with Gasteiger partial charge in [0.2, 0.25) is 0 Å². The molecule has 1 aliphatic rings. The van der Waals surface area contributed by atoms with E-state index in [1.165, 1.54) is 19.1 Å². The number of hydrogen-bond acceptors (Lipinski definition) is 2. The minimum Gasteiger partial charge on any atom is -0.466 e. The first-order valence-electron chi connectivity index (χ1n) is 4.02. The molecule has 0 saturated carbocycles. The fourth-order valence-corrected chi connectivity index (χ4v) is 1.46. The zero-order chi connectivity index (χ0) is 8.27. The van der Waals surface area contributed by atoms with Crippen molar-refractivity contribution >= 4 is 5.97 Å². The molecule has 0 spiro atoms. The highest BCUT2D eigenvalue weighted by Crippen LogP contribution is 2.24. The third-order valence-electron chi connectivity index (χ3n) is 2.18. The van der Waals surface area contributed by atoms with Crippen LogP contribution in [0.15, 0.2) is 11.1 Å². The number of hydrogen-bond donors (Lipinski definition) is 0. The van der Waals surface area contributed by atoms with Crippen molar-refractivity contribution in [2.45, 2.75) is 32.6 Å². The van der Waals surface area contributed by atoms with E-state index in [-0.39, 0.29) is 5.97 Å². The molecule has 0 N–H and O–H groups in total. The van der Waals surface area contributed by atoms with Gasteiger partial charge >= 0.3 is 5.97 Å². The van der Waals surface area contributed by atoms with E-state index in [9.17, 15) is 4.79 Å². The molecule has 0 bridgehead atoms. The molecular weight excluding hydrogens is 140 g/mol. The molecule has 2 nitrogen and oxygen atoms in total. The van der Waals surface area contributed by atoms with Gasteiger partial charge in [-0.3, -0.25) is 0 Å². The molecule has 11 heavy (non-hydrogen) atoms. The van der Waals surface area contributed by atoms with Gasteiger partial charge in [0.05, 0.1) is 7.11 Å². The molecule has 0 radical (unpaired) electrons. The Morgan fingerprint density at radius 1 is 1.36 bits per heavy atom. The van der Waals surface area contributed by atoms with Crippen LogP contribution < -0.4 is 0 Å². The van der Waals surface area contributed by atoms with Gasteiger partial charge in [0.25, 0.3) is 0 Å². The number of carbonyl (C=O) groups excluding carboxylic acids is 1. The van der Waals surface area contributed by atoms with Crippen molar-refractivity contribution in [3.8, 4) is 0 Å². The van der Waals surface area contributed by atoms with Gasteiger partial charge in [-0.1, -0.05) is 5.57 Å². The lowest BCUT2D eigenvalue weighted by Crippen LogP contribution is -2.10. The van der Waals surface area contributed by atoms with Gasteiger partial charge in [0.1, 0.15) is 0 Å². The summed E-state index contributed by atoms with van der Waals surface area (Å²) < 4.78 is 4.66. The molecule has 0 aromatic rings. The van der Waals surface area contributed by atoms with Gasteiger partial charge in [-0.2, -0.15) is 0 Å². The second kappa shape index (κ2) is 3.56. The van der Waals surface area contributed by atoms with E-state index >= 15 is 0 Å². The van der Waals surface area contributed by atoms with E-state index in [1.807, 2.05) is 6.92 Å². The summed E-state index contributed by atoms with van der Waals surface area (Å²) in [7, 11) is 1.44. The standard InChI is InChI=1S/C9H14O2/c1-7-5-3-4-6-8(7)9(10)11-2/h3-6H2,1-2H3. The number of esters is 1. The molecule has 0 aromatic heterocycles. The monoisotopic (exact) mass is 154 g/mol. The third kappa shape index (κ3) is 1.82. The Morgan fingerprint density at radius 2 is 2.00 bits per heavy atom. The molecule has 1 aliphatic carbocycles. The van der Waals surface area contributed by atoms with Crippen LogP contribution in [0.2, 0.25) is 0 Å². The summed E-state index contributed by atoms with van der Waals surface area (Å²) in [6.45, 7) is 2.02. The molecule has 0 heterocycles. The Morgan fingerprint density at radius 3 is 2.55 bits per heavy atom. The van der Waals surface area contributed by atoms with Crippen LogP contribution in [0.1, 0.15) is 32.6 Å². The van der Waals surface area contributed by atoms with Crippen LogP contribution in [-0.2, 0) is 9.53 Å². The first kappa shape index (κ1) is 8.31. The predicted octanol–water partition coefficient (Wildman–Crippen LogP) is 2.05.